The molecule has 0 heterocycles. The number of carbonyl (C=O) groups excluding carboxylic acids is 2. The summed E-state index contributed by atoms with van der Waals surface area (Å²) < 4.78 is 14.1. The molecule has 0 aliphatic rings. The van der Waals surface area contributed by atoms with E-state index in [1.807, 2.05) is 0 Å². The molecule has 0 rings (SSSR count). The molecule has 0 bridgehead atoms. The minimum Gasteiger partial charge on any atom is -0.462 e. The van der Waals surface area contributed by atoms with E-state index in [0.29, 0.717) is 0 Å². The third-order valence-corrected chi connectivity index (χ3v) is 1.58. The van der Waals surface area contributed by atoms with E-state index < -0.39 is 17.5 Å². The van der Waals surface area contributed by atoms with E-state index in [1.165, 1.54) is 21.1 Å². The summed E-state index contributed by atoms with van der Waals surface area (Å²) in [5.41, 5.74) is 0. The molecule has 0 aromatic rings. The molecule has 0 amide bonds. The SMILES string of the molecule is CCOC(=O)C(OC)(OC)C(C)=O. The predicted octanol–water partition coefficient (Wildman–Crippen LogP) is 0.128. The van der Waals surface area contributed by atoms with Gasteiger partial charge in [-0.05, 0) is 6.92 Å². The van der Waals surface area contributed by atoms with Crippen LogP contribution in [-0.4, -0.2) is 38.4 Å². The Morgan fingerprint density at radius 2 is 1.69 bits per heavy atom. The first-order valence-corrected chi connectivity index (χ1v) is 3.83. The topological polar surface area (TPSA) is 61.8 Å². The maximum atomic E-state index is 11.3. The minimum atomic E-state index is -1.91. The van der Waals surface area contributed by atoms with Crippen molar-refractivity contribution in [2.24, 2.45) is 0 Å². The van der Waals surface area contributed by atoms with Gasteiger partial charge in [0.25, 0.3) is 0 Å². The summed E-state index contributed by atoms with van der Waals surface area (Å²) in [7, 11) is 2.42. The number of esters is 1. The van der Waals surface area contributed by atoms with Gasteiger partial charge in [-0.2, -0.15) is 0 Å². The molecule has 0 aromatic heterocycles. The van der Waals surface area contributed by atoms with Crippen molar-refractivity contribution in [2.75, 3.05) is 20.8 Å². The van der Waals surface area contributed by atoms with Crippen molar-refractivity contribution in [2.45, 2.75) is 19.6 Å². The summed E-state index contributed by atoms with van der Waals surface area (Å²) in [5.74, 6) is -3.28. The van der Waals surface area contributed by atoms with Crippen LogP contribution in [0.25, 0.3) is 0 Å². The van der Waals surface area contributed by atoms with Crippen molar-refractivity contribution in [1.82, 2.24) is 0 Å². The summed E-state index contributed by atoms with van der Waals surface area (Å²) >= 11 is 0. The van der Waals surface area contributed by atoms with Gasteiger partial charge in [-0.15, -0.1) is 0 Å². The molecule has 0 unspecified atom stereocenters. The van der Waals surface area contributed by atoms with Gasteiger partial charge in [0.2, 0.25) is 5.78 Å². The van der Waals surface area contributed by atoms with E-state index in [-0.39, 0.29) is 6.61 Å². The van der Waals surface area contributed by atoms with Crippen molar-refractivity contribution in [1.29, 1.82) is 0 Å². The van der Waals surface area contributed by atoms with Gasteiger partial charge in [0.05, 0.1) is 6.61 Å². The quantitative estimate of drug-likeness (QED) is 0.350. The predicted molar refractivity (Wildman–Crippen MR) is 44.1 cm³/mol. The molecule has 0 aliphatic heterocycles. The maximum Gasteiger partial charge on any atom is 0.375 e. The third kappa shape index (κ3) is 2.26. The highest BCUT2D eigenvalue weighted by Gasteiger charge is 2.46. The number of hydrogen-bond acceptors (Lipinski definition) is 5. The van der Waals surface area contributed by atoms with Gasteiger partial charge in [-0.3, -0.25) is 4.79 Å². The number of methoxy groups -OCH3 is 2. The van der Waals surface area contributed by atoms with Crippen molar-refractivity contribution >= 4 is 11.8 Å². The Morgan fingerprint density at radius 3 is 1.92 bits per heavy atom. The molecule has 0 saturated carbocycles. The maximum absolute atomic E-state index is 11.3. The van der Waals surface area contributed by atoms with Crippen LogP contribution in [0.4, 0.5) is 0 Å². The van der Waals surface area contributed by atoms with Crippen LogP contribution in [0.15, 0.2) is 0 Å². The Bertz CT molecular complexity index is 195. The summed E-state index contributed by atoms with van der Waals surface area (Å²) in [4.78, 5) is 22.4. The van der Waals surface area contributed by atoms with Gasteiger partial charge in [0.15, 0.2) is 0 Å². The molecule has 0 spiro atoms. The van der Waals surface area contributed by atoms with Crippen molar-refractivity contribution in [3.05, 3.63) is 0 Å². The molecule has 13 heavy (non-hydrogen) atoms. The van der Waals surface area contributed by atoms with Crippen molar-refractivity contribution in [3.8, 4) is 0 Å². The Labute approximate surface area is 77.0 Å². The van der Waals surface area contributed by atoms with Gasteiger partial charge >= 0.3 is 11.8 Å². The molecule has 0 aromatic carbocycles. The molecule has 76 valence electrons. The standard InChI is InChI=1S/C8H14O5/c1-5-13-7(10)8(11-3,12-4)6(2)9/h5H2,1-4H3. The second-order valence-electron chi connectivity index (χ2n) is 2.30. The number of Topliss-reactive ketones (excluding diaryl/α,β-unsaturated/α-hetero) is 1. The molecular weight excluding hydrogens is 176 g/mol. The van der Waals surface area contributed by atoms with E-state index in [0.717, 1.165) is 0 Å². The smallest absolute Gasteiger partial charge is 0.375 e. The van der Waals surface area contributed by atoms with Crippen LogP contribution >= 0.6 is 0 Å². The average Bonchev–Trinajstić information content (AvgIpc) is 2.07. The largest absolute Gasteiger partial charge is 0.462 e. The van der Waals surface area contributed by atoms with Crippen LogP contribution in [0.2, 0.25) is 0 Å². The van der Waals surface area contributed by atoms with Gasteiger partial charge < -0.3 is 14.2 Å². The lowest BCUT2D eigenvalue weighted by atomic mass is 10.2. The second-order valence-corrected chi connectivity index (χ2v) is 2.30. The van der Waals surface area contributed by atoms with Crippen LogP contribution < -0.4 is 0 Å². The molecule has 0 aliphatic carbocycles. The number of rotatable bonds is 5. The molecule has 0 fully saturated rings. The average molecular weight is 190 g/mol. The Kier molecular flexibility index (Phi) is 4.58. The van der Waals surface area contributed by atoms with Crippen LogP contribution in [0.3, 0.4) is 0 Å². The summed E-state index contributed by atoms with van der Waals surface area (Å²) in [6, 6.07) is 0. The summed E-state index contributed by atoms with van der Waals surface area (Å²) in [6.45, 7) is 3.00. The first-order valence-electron chi connectivity index (χ1n) is 3.83. The van der Waals surface area contributed by atoms with Crippen LogP contribution in [0.5, 0.6) is 0 Å². The second kappa shape index (κ2) is 4.94. The fourth-order valence-corrected chi connectivity index (χ4v) is 0.907. The highest BCUT2D eigenvalue weighted by atomic mass is 16.7. The fraction of sp³-hybridized carbons (Fsp3) is 0.750. The minimum absolute atomic E-state index is 0.167. The zero-order valence-corrected chi connectivity index (χ0v) is 8.25. The third-order valence-electron chi connectivity index (χ3n) is 1.58. The fourth-order valence-electron chi connectivity index (χ4n) is 0.907. The molecule has 0 N–H and O–H groups in total. The zero-order chi connectivity index (χ0) is 10.5. The Hall–Kier alpha value is -0.940. The molecular formula is C8H14O5. The summed E-state index contributed by atoms with van der Waals surface area (Å²) in [6.07, 6.45) is 0. The highest BCUT2D eigenvalue weighted by molar-refractivity contribution is 6.04. The molecule has 0 atom stereocenters. The van der Waals surface area contributed by atoms with Gasteiger partial charge in [0, 0.05) is 21.1 Å². The lowest BCUT2D eigenvalue weighted by Gasteiger charge is -2.24. The lowest BCUT2D eigenvalue weighted by Crippen LogP contribution is -2.50. The number of hydrogen-bond donors (Lipinski definition) is 0. The number of carbonyl (C=O) groups is 2. The molecule has 0 radical (unpaired) electrons. The molecule has 5 heteroatoms. The highest BCUT2D eigenvalue weighted by Crippen LogP contribution is 2.14. The normalized spacial score (nSPS) is 11.1. The monoisotopic (exact) mass is 190 g/mol. The van der Waals surface area contributed by atoms with E-state index >= 15 is 0 Å². The van der Waals surface area contributed by atoms with Crippen LogP contribution in [-0.2, 0) is 23.8 Å². The van der Waals surface area contributed by atoms with Crippen LogP contribution in [0.1, 0.15) is 13.8 Å². The number of ether oxygens (including phenoxy) is 3. The van der Waals surface area contributed by atoms with Gasteiger partial charge in [-0.25, -0.2) is 4.79 Å². The molecule has 0 saturated heterocycles. The lowest BCUT2D eigenvalue weighted by molar-refractivity contribution is -0.223. The zero-order valence-electron chi connectivity index (χ0n) is 8.25. The van der Waals surface area contributed by atoms with Crippen molar-refractivity contribution < 1.29 is 23.8 Å². The Morgan fingerprint density at radius 1 is 1.23 bits per heavy atom. The molecule has 5 nitrogen and oxygen atoms in total. The van der Waals surface area contributed by atoms with E-state index in [1.54, 1.807) is 6.92 Å². The van der Waals surface area contributed by atoms with Crippen molar-refractivity contribution in [3.63, 3.8) is 0 Å². The summed E-state index contributed by atoms with van der Waals surface area (Å²) in [5, 5.41) is 0. The first kappa shape index (κ1) is 12.1. The van der Waals surface area contributed by atoms with E-state index in [4.69, 9.17) is 9.47 Å². The van der Waals surface area contributed by atoms with E-state index in [9.17, 15) is 9.59 Å². The first-order chi connectivity index (χ1) is 6.05. The van der Waals surface area contributed by atoms with Gasteiger partial charge in [0.1, 0.15) is 0 Å². The van der Waals surface area contributed by atoms with Gasteiger partial charge in [-0.1, -0.05) is 0 Å². The van der Waals surface area contributed by atoms with Crippen LogP contribution in [0, 0.1) is 0 Å². The Balaban J connectivity index is 4.75. The number of ketones is 1. The van der Waals surface area contributed by atoms with E-state index in [2.05, 4.69) is 4.74 Å².